The quantitative estimate of drug-likeness (QED) is 0.154. The molecule has 0 saturated carbocycles. The minimum absolute atomic E-state index is 0.0267. The first-order valence-electron chi connectivity index (χ1n) is 30.6. The van der Waals surface area contributed by atoms with Gasteiger partial charge in [-0.15, -0.1) is 0 Å². The van der Waals surface area contributed by atoms with Crippen molar-refractivity contribution in [1.82, 2.24) is 18.2 Å². The number of aromatic nitrogens is 4. The van der Waals surface area contributed by atoms with Gasteiger partial charge in [-0.1, -0.05) is 229 Å². The van der Waals surface area contributed by atoms with Gasteiger partial charge in [0, 0.05) is 65.8 Å². The van der Waals surface area contributed by atoms with Crippen LogP contribution in [-0.2, 0) is 21.7 Å². The summed E-state index contributed by atoms with van der Waals surface area (Å²) in [4.78, 5) is 0. The van der Waals surface area contributed by atoms with Crippen LogP contribution in [0.3, 0.4) is 0 Å². The molecule has 0 amide bonds. The molecule has 0 saturated heterocycles. The van der Waals surface area contributed by atoms with Crippen LogP contribution in [0.15, 0.2) is 182 Å². The summed E-state index contributed by atoms with van der Waals surface area (Å²) in [6.07, 6.45) is 0. The first kappa shape index (κ1) is 48.7. The maximum absolute atomic E-state index is 2.83. The van der Waals surface area contributed by atoms with Gasteiger partial charge in [0.05, 0.1) is 50.3 Å². The first-order chi connectivity index (χ1) is 40.2. The van der Waals surface area contributed by atoms with Crippen molar-refractivity contribution in [3.05, 3.63) is 215 Å². The number of hydrogen-bond acceptors (Lipinski definition) is 0. The first-order valence-corrected chi connectivity index (χ1v) is 30.6. The number of para-hydroxylation sites is 6. The summed E-state index contributed by atoms with van der Waals surface area (Å²) >= 11 is 0. The Morgan fingerprint density at radius 2 is 0.786 bits per heavy atom. The molecule has 1 atom stereocenters. The highest BCUT2D eigenvalue weighted by molar-refractivity contribution is 6.90. The molecule has 0 spiro atoms. The van der Waals surface area contributed by atoms with E-state index in [9.17, 15) is 0 Å². The highest BCUT2D eigenvalue weighted by Crippen LogP contribution is 2.58. The van der Waals surface area contributed by atoms with Crippen molar-refractivity contribution in [1.29, 1.82) is 0 Å². The largest absolute Gasteiger partial charge is 0.374 e. The zero-order chi connectivity index (χ0) is 57.2. The van der Waals surface area contributed by atoms with E-state index in [4.69, 9.17) is 0 Å². The smallest absolute Gasteiger partial charge is 0.333 e. The fourth-order valence-electron chi connectivity index (χ4n) is 16.1. The van der Waals surface area contributed by atoms with E-state index in [-0.39, 0.29) is 34.5 Å². The molecular formula is C79H67BN4. The highest BCUT2D eigenvalue weighted by atomic mass is 15.1. The number of fused-ring (bicyclic) bond motifs is 19. The Morgan fingerprint density at radius 3 is 1.37 bits per heavy atom. The molecular weight excluding hydrogens is 1020 g/mol. The van der Waals surface area contributed by atoms with Crippen LogP contribution in [0.25, 0.3) is 132 Å². The van der Waals surface area contributed by atoms with E-state index in [0.29, 0.717) is 0 Å². The van der Waals surface area contributed by atoms with Crippen molar-refractivity contribution in [3.8, 4) is 55.9 Å². The fraction of sp³-hybridized carbons (Fsp3) is 0.215. The van der Waals surface area contributed by atoms with Crippen LogP contribution in [0.2, 0.25) is 0 Å². The van der Waals surface area contributed by atoms with Crippen LogP contribution in [0.1, 0.15) is 123 Å². The molecule has 1 unspecified atom stereocenters. The molecule has 8 heterocycles. The van der Waals surface area contributed by atoms with Gasteiger partial charge in [-0.2, -0.15) is 0 Å². The molecule has 4 nitrogen and oxygen atoms in total. The minimum Gasteiger partial charge on any atom is -0.374 e. The van der Waals surface area contributed by atoms with Crippen LogP contribution in [0.5, 0.6) is 0 Å². The van der Waals surface area contributed by atoms with Gasteiger partial charge < -0.3 is 18.2 Å². The molecule has 406 valence electrons. The topological polar surface area (TPSA) is 19.7 Å². The molecule has 0 fully saturated rings. The highest BCUT2D eigenvalue weighted by Gasteiger charge is 2.46. The Hall–Kier alpha value is -8.80. The van der Waals surface area contributed by atoms with Crippen molar-refractivity contribution >= 4 is 94.2 Å². The number of hydrogen-bond donors (Lipinski definition) is 0. The van der Waals surface area contributed by atoms with E-state index in [1.54, 1.807) is 0 Å². The van der Waals surface area contributed by atoms with E-state index >= 15 is 0 Å². The van der Waals surface area contributed by atoms with E-state index in [1.165, 1.54) is 177 Å². The molecule has 18 rings (SSSR count). The molecule has 0 radical (unpaired) electrons. The second-order valence-corrected chi connectivity index (χ2v) is 29.3. The van der Waals surface area contributed by atoms with Crippen molar-refractivity contribution in [2.45, 2.75) is 111 Å². The molecule has 5 heteroatoms. The summed E-state index contributed by atoms with van der Waals surface area (Å²) in [5.41, 5.74) is 34.1. The molecule has 4 aromatic heterocycles. The van der Waals surface area contributed by atoms with Gasteiger partial charge in [0.25, 0.3) is 0 Å². The van der Waals surface area contributed by atoms with Crippen molar-refractivity contribution in [2.75, 3.05) is 0 Å². The van der Waals surface area contributed by atoms with Gasteiger partial charge in [0.15, 0.2) is 0 Å². The second-order valence-electron chi connectivity index (χ2n) is 29.3. The molecule has 4 aliphatic rings. The van der Waals surface area contributed by atoms with E-state index < -0.39 is 0 Å². The number of benzene rings is 10. The molecule has 0 bridgehead atoms. The Labute approximate surface area is 491 Å². The third-order valence-electron chi connectivity index (χ3n) is 20.2. The molecule has 0 aliphatic carbocycles. The van der Waals surface area contributed by atoms with Crippen LogP contribution in [-0.4, -0.2) is 25.0 Å². The Bertz CT molecular complexity index is 4960. The molecule has 4 aliphatic heterocycles. The number of nitrogens with zero attached hydrogens (tertiary/aromatic N) is 4. The van der Waals surface area contributed by atoms with Crippen LogP contribution in [0.4, 0.5) is 0 Å². The molecule has 0 N–H and O–H groups in total. The van der Waals surface area contributed by atoms with E-state index in [0.717, 1.165) is 0 Å². The normalized spacial score (nSPS) is 15.0. The van der Waals surface area contributed by atoms with Gasteiger partial charge >= 0.3 is 6.85 Å². The standard InChI is InChI=1S/C79H67BN4/c1-76(2,3)47-33-43(34-48(41-47)77(4,5)6)45-37-60-55-24-18-28-58-70(55)83(73-57-27-17-23-53-51-21-13-15-31-63(51)81(69(53)57)65(39-45)67(60)73)74-59-29-19-25-56-61-38-46(44-35-49(78(7,8)9)42-50(36-44)79(10,11)12)40-66-68(61)80(84(71(56)59)75(58)74)62-30-20-26-54-52-22-14-16-32-64(52)82(66)72(54)62/h13-42,73H,1-12H3. The zero-order valence-corrected chi connectivity index (χ0v) is 50.3. The molecule has 10 aromatic carbocycles. The SMILES string of the molecule is CC(C)(C)c1cc(-c2cc3c4c(c2)-n2c5ccccc5c5cccc(c52)B4n2c4c-3cccc4c3c2c2cccc4c2n3C2c3c-4cc(-c4cc(C(C)(C)C)cc(C(C)(C)C)c4)cc3-n3c4ccccc4c4cccc2c43)cc(C(C)(C)C)c1. The van der Waals surface area contributed by atoms with Crippen molar-refractivity contribution in [3.63, 3.8) is 0 Å². The lowest BCUT2D eigenvalue weighted by Gasteiger charge is -2.36. The van der Waals surface area contributed by atoms with Gasteiger partial charge in [0.1, 0.15) is 0 Å². The van der Waals surface area contributed by atoms with Crippen LogP contribution < -0.4 is 10.9 Å². The average Bonchev–Trinajstić information content (AvgIpc) is 1.46. The summed E-state index contributed by atoms with van der Waals surface area (Å²) < 4.78 is 10.9. The lowest BCUT2D eigenvalue weighted by molar-refractivity contribution is 0.568. The maximum Gasteiger partial charge on any atom is 0.333 e. The molecule has 84 heavy (non-hydrogen) atoms. The monoisotopic (exact) mass is 1080 g/mol. The van der Waals surface area contributed by atoms with Gasteiger partial charge in [-0.25, -0.2) is 0 Å². The Balaban J connectivity index is 0.992. The van der Waals surface area contributed by atoms with Gasteiger partial charge in [-0.3, -0.25) is 0 Å². The number of rotatable bonds is 2. The molecule has 14 aromatic rings. The third-order valence-corrected chi connectivity index (χ3v) is 20.2. The Kier molecular flexibility index (Phi) is 9.10. The van der Waals surface area contributed by atoms with E-state index in [2.05, 4.69) is 283 Å². The zero-order valence-electron chi connectivity index (χ0n) is 50.3. The summed E-state index contributed by atoms with van der Waals surface area (Å²) in [6, 6.07) is 72.0. The summed E-state index contributed by atoms with van der Waals surface area (Å²) in [7, 11) is 0. The maximum atomic E-state index is 2.83. The van der Waals surface area contributed by atoms with E-state index in [1.807, 2.05) is 0 Å². The fourth-order valence-corrected chi connectivity index (χ4v) is 16.1. The van der Waals surface area contributed by atoms with Crippen molar-refractivity contribution in [2.24, 2.45) is 0 Å². The lowest BCUT2D eigenvalue weighted by atomic mass is 9.45. The minimum atomic E-state index is -0.0945. The van der Waals surface area contributed by atoms with Gasteiger partial charge in [0.2, 0.25) is 0 Å². The third kappa shape index (κ3) is 6.15. The van der Waals surface area contributed by atoms with Gasteiger partial charge in [-0.05, 0) is 125 Å². The predicted octanol–water partition coefficient (Wildman–Crippen LogP) is 19.3. The predicted molar refractivity (Wildman–Crippen MR) is 358 cm³/mol. The summed E-state index contributed by atoms with van der Waals surface area (Å²) in [6.45, 7) is 28.2. The Morgan fingerprint density at radius 1 is 0.333 bits per heavy atom. The van der Waals surface area contributed by atoms with Crippen molar-refractivity contribution < 1.29 is 0 Å². The summed E-state index contributed by atoms with van der Waals surface area (Å²) in [5, 5.41) is 7.80. The second kappa shape index (κ2) is 15.7. The van der Waals surface area contributed by atoms with Crippen LogP contribution >= 0.6 is 0 Å². The average molecular weight is 1080 g/mol. The lowest BCUT2D eigenvalue weighted by Crippen LogP contribution is -2.55. The summed E-state index contributed by atoms with van der Waals surface area (Å²) in [5.74, 6) is 0. The van der Waals surface area contributed by atoms with Crippen LogP contribution in [0, 0.1) is 0 Å².